The van der Waals surface area contributed by atoms with Crippen molar-refractivity contribution in [1.82, 2.24) is 0 Å². The molecule has 0 fully saturated rings. The van der Waals surface area contributed by atoms with E-state index in [1.54, 1.807) is 0 Å². The van der Waals surface area contributed by atoms with E-state index >= 15 is 0 Å². The Balaban J connectivity index is 2.36. The Morgan fingerprint density at radius 1 is 0.700 bits per heavy atom. The maximum atomic E-state index is 6.69. The van der Waals surface area contributed by atoms with Gasteiger partial charge in [0.1, 0.15) is 0 Å². The summed E-state index contributed by atoms with van der Waals surface area (Å²) >= 11 is 0. The zero-order chi connectivity index (χ0) is 14.6. The van der Waals surface area contributed by atoms with E-state index in [9.17, 15) is 0 Å². The summed E-state index contributed by atoms with van der Waals surface area (Å²) in [5.74, 6) is 0. The summed E-state index contributed by atoms with van der Waals surface area (Å²) in [6.45, 7) is 6.44. The van der Waals surface area contributed by atoms with Gasteiger partial charge in [0.2, 0.25) is 0 Å². The fourth-order valence-corrected chi connectivity index (χ4v) is 3.70. The third kappa shape index (κ3) is 1.36. The zero-order valence-electron chi connectivity index (χ0n) is 12.4. The monoisotopic (exact) mass is 266 g/mol. The fraction of sp³-hybridized carbons (Fsp3) is 0.333. The van der Waals surface area contributed by atoms with Crippen molar-refractivity contribution in [2.75, 3.05) is 0 Å². The highest BCUT2D eigenvalue weighted by atomic mass is 15.0. The molecule has 3 rings (SSSR count). The highest BCUT2D eigenvalue weighted by Crippen LogP contribution is 2.55. The Labute approximate surface area is 120 Å². The van der Waals surface area contributed by atoms with Crippen molar-refractivity contribution < 1.29 is 0 Å². The van der Waals surface area contributed by atoms with E-state index in [4.69, 9.17) is 11.5 Å². The molecule has 104 valence electrons. The highest BCUT2D eigenvalue weighted by molar-refractivity contribution is 5.57. The smallest absolute Gasteiger partial charge is 0.0868 e. The molecule has 1 unspecified atom stereocenters. The maximum Gasteiger partial charge on any atom is 0.0868 e. The molecule has 0 radical (unpaired) electrons. The first-order chi connectivity index (χ1) is 9.33. The number of rotatable bonds is 1. The van der Waals surface area contributed by atoms with Gasteiger partial charge in [0.05, 0.1) is 5.66 Å². The van der Waals surface area contributed by atoms with Gasteiger partial charge in [-0.2, -0.15) is 0 Å². The largest absolute Gasteiger partial charge is 0.312 e. The second-order valence-corrected chi connectivity index (χ2v) is 6.53. The normalized spacial score (nSPS) is 26.2. The van der Waals surface area contributed by atoms with Crippen molar-refractivity contribution in [3.05, 3.63) is 71.3 Å². The van der Waals surface area contributed by atoms with Crippen LogP contribution in [0.25, 0.3) is 0 Å². The van der Waals surface area contributed by atoms with Crippen LogP contribution in [0.4, 0.5) is 0 Å². The summed E-state index contributed by atoms with van der Waals surface area (Å²) in [4.78, 5) is 0. The van der Waals surface area contributed by atoms with Gasteiger partial charge in [0.15, 0.2) is 0 Å². The van der Waals surface area contributed by atoms with E-state index in [0.29, 0.717) is 0 Å². The Morgan fingerprint density at radius 3 is 1.80 bits per heavy atom. The van der Waals surface area contributed by atoms with E-state index in [-0.39, 0.29) is 5.41 Å². The van der Waals surface area contributed by atoms with Crippen molar-refractivity contribution in [2.24, 2.45) is 11.5 Å². The van der Waals surface area contributed by atoms with E-state index in [1.807, 2.05) is 18.2 Å². The van der Waals surface area contributed by atoms with Crippen molar-refractivity contribution >= 4 is 0 Å². The van der Waals surface area contributed by atoms with E-state index < -0.39 is 11.1 Å². The molecule has 2 aromatic carbocycles. The molecule has 0 saturated heterocycles. The average Bonchev–Trinajstić information content (AvgIpc) is 2.58. The van der Waals surface area contributed by atoms with Crippen molar-refractivity contribution in [2.45, 2.75) is 37.3 Å². The molecule has 2 nitrogen and oxygen atoms in total. The Bertz CT molecular complexity index is 643. The van der Waals surface area contributed by atoms with Gasteiger partial charge in [-0.1, -0.05) is 68.4 Å². The zero-order valence-corrected chi connectivity index (χ0v) is 12.4. The number of benzene rings is 2. The van der Waals surface area contributed by atoms with Crippen LogP contribution in [0.15, 0.2) is 54.6 Å². The third-order valence-corrected chi connectivity index (χ3v) is 5.35. The van der Waals surface area contributed by atoms with Crippen LogP contribution in [0.1, 0.15) is 37.5 Å². The molecule has 0 heterocycles. The van der Waals surface area contributed by atoms with Gasteiger partial charge in [-0.3, -0.25) is 0 Å². The van der Waals surface area contributed by atoms with Crippen molar-refractivity contribution in [3.63, 3.8) is 0 Å². The quantitative estimate of drug-likeness (QED) is 0.780. The molecular weight excluding hydrogens is 244 g/mol. The molecule has 0 spiro atoms. The van der Waals surface area contributed by atoms with Gasteiger partial charge >= 0.3 is 0 Å². The first-order valence-electron chi connectivity index (χ1n) is 7.07. The Kier molecular flexibility index (Phi) is 2.63. The lowest BCUT2D eigenvalue weighted by atomic mass is 9.66. The molecule has 1 atom stereocenters. The predicted molar refractivity (Wildman–Crippen MR) is 83.5 cm³/mol. The van der Waals surface area contributed by atoms with Crippen LogP contribution in [0, 0.1) is 0 Å². The molecule has 0 aromatic heterocycles. The topological polar surface area (TPSA) is 52.0 Å². The number of fused-ring (bicyclic) bond motifs is 1. The third-order valence-electron chi connectivity index (χ3n) is 5.35. The summed E-state index contributed by atoms with van der Waals surface area (Å²) in [5.41, 5.74) is 15.5. The minimum Gasteiger partial charge on any atom is -0.312 e. The van der Waals surface area contributed by atoms with Crippen LogP contribution >= 0.6 is 0 Å². The molecule has 0 aliphatic heterocycles. The van der Waals surface area contributed by atoms with Crippen LogP contribution in [-0.4, -0.2) is 5.66 Å². The van der Waals surface area contributed by atoms with Crippen molar-refractivity contribution in [3.8, 4) is 0 Å². The molecule has 1 aliphatic carbocycles. The van der Waals surface area contributed by atoms with E-state index in [1.165, 1.54) is 16.7 Å². The fourth-order valence-electron chi connectivity index (χ4n) is 3.70. The SMILES string of the molecule is CC1(C)c2ccccc2C(C)(c2ccccc2)C1(N)N. The summed E-state index contributed by atoms with van der Waals surface area (Å²) in [6.07, 6.45) is 0. The van der Waals surface area contributed by atoms with Crippen LogP contribution in [0.5, 0.6) is 0 Å². The summed E-state index contributed by atoms with van der Waals surface area (Å²) < 4.78 is 0. The standard InChI is InChI=1S/C18H22N2/c1-16(2)14-11-7-8-12-15(14)17(3,18(16,19)20)13-9-5-4-6-10-13/h4-12H,19-20H2,1-3H3. The molecule has 2 aromatic rings. The van der Waals surface area contributed by atoms with Gasteiger partial charge in [0, 0.05) is 10.8 Å². The molecular formula is C18H22N2. The van der Waals surface area contributed by atoms with Crippen LogP contribution in [0.3, 0.4) is 0 Å². The van der Waals surface area contributed by atoms with E-state index in [2.05, 4.69) is 57.2 Å². The molecule has 0 bridgehead atoms. The number of nitrogens with two attached hydrogens (primary N) is 2. The Hall–Kier alpha value is -1.64. The Morgan fingerprint density at radius 2 is 1.20 bits per heavy atom. The lowest BCUT2D eigenvalue weighted by molar-refractivity contribution is 0.205. The maximum absolute atomic E-state index is 6.69. The molecule has 0 saturated carbocycles. The second kappa shape index (κ2) is 3.94. The lowest BCUT2D eigenvalue weighted by Crippen LogP contribution is -2.69. The van der Waals surface area contributed by atoms with Gasteiger partial charge in [-0.05, 0) is 23.6 Å². The van der Waals surface area contributed by atoms with E-state index in [0.717, 1.165) is 0 Å². The molecule has 20 heavy (non-hydrogen) atoms. The molecule has 1 aliphatic rings. The highest BCUT2D eigenvalue weighted by Gasteiger charge is 2.61. The minimum atomic E-state index is -0.842. The minimum absolute atomic E-state index is 0.284. The van der Waals surface area contributed by atoms with Gasteiger partial charge in [-0.15, -0.1) is 0 Å². The summed E-state index contributed by atoms with van der Waals surface area (Å²) in [7, 11) is 0. The van der Waals surface area contributed by atoms with Crippen LogP contribution < -0.4 is 11.5 Å². The van der Waals surface area contributed by atoms with Gasteiger partial charge < -0.3 is 11.5 Å². The molecule has 4 N–H and O–H groups in total. The first kappa shape index (κ1) is 13.3. The second-order valence-electron chi connectivity index (χ2n) is 6.53. The summed E-state index contributed by atoms with van der Waals surface area (Å²) in [6, 6.07) is 18.8. The summed E-state index contributed by atoms with van der Waals surface area (Å²) in [5, 5.41) is 0. The predicted octanol–water partition coefficient (Wildman–Crippen LogP) is 2.90. The van der Waals surface area contributed by atoms with Crippen molar-refractivity contribution in [1.29, 1.82) is 0 Å². The first-order valence-corrected chi connectivity index (χ1v) is 7.07. The van der Waals surface area contributed by atoms with Crippen LogP contribution in [0.2, 0.25) is 0 Å². The average molecular weight is 266 g/mol. The number of hydrogen-bond acceptors (Lipinski definition) is 2. The number of hydrogen-bond donors (Lipinski definition) is 2. The van der Waals surface area contributed by atoms with Gasteiger partial charge in [-0.25, -0.2) is 0 Å². The van der Waals surface area contributed by atoms with Gasteiger partial charge in [0.25, 0.3) is 0 Å². The molecule has 2 heteroatoms. The van der Waals surface area contributed by atoms with Crippen LogP contribution in [-0.2, 0) is 10.8 Å². The lowest BCUT2D eigenvalue weighted by Gasteiger charge is -2.46. The molecule has 0 amide bonds.